The molecular weight excluding hydrogens is 198 g/mol. The summed E-state index contributed by atoms with van der Waals surface area (Å²) in [5.41, 5.74) is 6.31. The lowest BCUT2D eigenvalue weighted by Crippen LogP contribution is -2.38. The van der Waals surface area contributed by atoms with Crippen molar-refractivity contribution < 1.29 is 9.59 Å². The minimum atomic E-state index is -0.857. The van der Waals surface area contributed by atoms with Crippen molar-refractivity contribution in [1.82, 2.24) is 15.1 Å². The second-order valence-electron chi connectivity index (χ2n) is 3.07. The molecule has 1 aromatic heterocycles. The third-order valence-electron chi connectivity index (χ3n) is 1.72. The number of primary amides is 1. The van der Waals surface area contributed by atoms with Crippen LogP contribution in [0.5, 0.6) is 0 Å². The molecule has 0 atom stereocenters. The van der Waals surface area contributed by atoms with Crippen LogP contribution in [0.15, 0.2) is 6.20 Å². The third-order valence-corrected chi connectivity index (χ3v) is 1.72. The first-order valence-electron chi connectivity index (χ1n) is 4.32. The van der Waals surface area contributed by atoms with Gasteiger partial charge in [-0.25, -0.2) is 4.79 Å². The molecule has 0 unspecified atom stereocenters. The zero-order valence-corrected chi connectivity index (χ0v) is 8.57. The summed E-state index contributed by atoms with van der Waals surface area (Å²) < 4.78 is 1.63. The molecule has 7 nitrogen and oxygen atoms in total. The number of nitrogens with two attached hydrogens (primary N) is 1. The molecule has 1 heterocycles. The summed E-state index contributed by atoms with van der Waals surface area (Å²) in [6.45, 7) is 1.80. The number of nitrogens with zero attached hydrogens (tertiary/aromatic N) is 2. The predicted octanol–water partition coefficient (Wildman–Crippen LogP) is -0.665. The molecule has 0 saturated carbocycles. The lowest BCUT2D eigenvalue weighted by molar-refractivity contribution is -0.118. The Balaban J connectivity index is 2.47. The summed E-state index contributed by atoms with van der Waals surface area (Å²) in [6, 6.07) is -0.857. The van der Waals surface area contributed by atoms with Crippen LogP contribution in [0.1, 0.15) is 5.69 Å². The molecule has 0 bridgehead atoms. The van der Waals surface area contributed by atoms with E-state index in [9.17, 15) is 9.59 Å². The highest BCUT2D eigenvalue weighted by Crippen LogP contribution is 2.10. The van der Waals surface area contributed by atoms with E-state index >= 15 is 0 Å². The van der Waals surface area contributed by atoms with Gasteiger partial charge < -0.3 is 11.1 Å². The van der Waals surface area contributed by atoms with Crippen molar-refractivity contribution in [3.63, 3.8) is 0 Å². The van der Waals surface area contributed by atoms with Gasteiger partial charge in [0.1, 0.15) is 0 Å². The number of rotatable bonds is 3. The molecule has 4 N–H and O–H groups in total. The largest absolute Gasteiger partial charge is 0.373 e. The van der Waals surface area contributed by atoms with E-state index in [1.54, 1.807) is 17.9 Å². The lowest BCUT2D eigenvalue weighted by atomic mass is 10.4. The van der Waals surface area contributed by atoms with E-state index in [1.165, 1.54) is 0 Å². The number of hydrogen-bond donors (Lipinski definition) is 3. The van der Waals surface area contributed by atoms with Crippen LogP contribution in [0, 0.1) is 6.92 Å². The lowest BCUT2D eigenvalue weighted by Gasteiger charge is -2.03. The summed E-state index contributed by atoms with van der Waals surface area (Å²) in [5, 5.41) is 8.87. The van der Waals surface area contributed by atoms with E-state index in [0.29, 0.717) is 0 Å². The fraction of sp³-hybridized carbons (Fsp3) is 0.375. The highest BCUT2D eigenvalue weighted by molar-refractivity contribution is 5.95. The van der Waals surface area contributed by atoms with E-state index in [0.717, 1.165) is 11.4 Å². The average Bonchev–Trinajstić information content (AvgIpc) is 2.40. The minimum absolute atomic E-state index is 0.0184. The number of anilines is 1. The van der Waals surface area contributed by atoms with Crippen LogP contribution in [0.25, 0.3) is 0 Å². The number of aryl methyl sites for hydroxylation is 2. The number of hydrogen-bond acceptors (Lipinski definition) is 4. The summed E-state index contributed by atoms with van der Waals surface area (Å²) in [4.78, 5) is 21.4. The van der Waals surface area contributed by atoms with Crippen LogP contribution in [-0.2, 0) is 11.8 Å². The van der Waals surface area contributed by atoms with E-state index < -0.39 is 11.9 Å². The molecule has 0 fully saturated rings. The monoisotopic (exact) mass is 211 g/mol. The van der Waals surface area contributed by atoms with Gasteiger partial charge in [-0.05, 0) is 6.92 Å². The van der Waals surface area contributed by atoms with Gasteiger partial charge in [-0.2, -0.15) is 5.10 Å². The first kappa shape index (κ1) is 11.0. The van der Waals surface area contributed by atoms with Crippen molar-refractivity contribution in [2.24, 2.45) is 12.8 Å². The number of urea groups is 1. The van der Waals surface area contributed by atoms with Gasteiger partial charge in [0.15, 0.2) is 0 Å². The molecule has 82 valence electrons. The SMILES string of the molecule is Cc1nn(C)cc1NCC(=O)NC(N)=O. The number of nitrogens with one attached hydrogen (secondary N) is 2. The molecule has 0 radical (unpaired) electrons. The Morgan fingerprint density at radius 3 is 2.73 bits per heavy atom. The first-order valence-corrected chi connectivity index (χ1v) is 4.32. The maximum Gasteiger partial charge on any atom is 0.318 e. The summed E-state index contributed by atoms with van der Waals surface area (Å²) >= 11 is 0. The van der Waals surface area contributed by atoms with Crippen molar-refractivity contribution in [3.8, 4) is 0 Å². The van der Waals surface area contributed by atoms with Crippen molar-refractivity contribution in [2.75, 3.05) is 11.9 Å². The quantitative estimate of drug-likeness (QED) is 0.617. The van der Waals surface area contributed by atoms with Gasteiger partial charge in [0.2, 0.25) is 5.91 Å². The van der Waals surface area contributed by atoms with Crippen LogP contribution in [-0.4, -0.2) is 28.3 Å². The van der Waals surface area contributed by atoms with Gasteiger partial charge in [0.25, 0.3) is 0 Å². The minimum Gasteiger partial charge on any atom is -0.373 e. The molecule has 15 heavy (non-hydrogen) atoms. The van der Waals surface area contributed by atoms with E-state index in [4.69, 9.17) is 5.73 Å². The summed E-state index contributed by atoms with van der Waals surface area (Å²) in [6.07, 6.45) is 1.74. The molecule has 1 aromatic rings. The van der Waals surface area contributed by atoms with E-state index in [2.05, 4.69) is 10.4 Å². The van der Waals surface area contributed by atoms with Gasteiger partial charge in [-0.15, -0.1) is 0 Å². The first-order chi connectivity index (χ1) is 6.99. The number of carbonyl (C=O) groups is 2. The van der Waals surface area contributed by atoms with Gasteiger partial charge in [0.05, 0.1) is 17.9 Å². The standard InChI is InChI=1S/C8H13N5O2/c1-5-6(4-13(2)12-5)10-3-7(14)11-8(9)15/h4,10H,3H2,1-2H3,(H3,9,11,14,15). The van der Waals surface area contributed by atoms with Crippen LogP contribution >= 0.6 is 0 Å². The summed E-state index contributed by atoms with van der Waals surface area (Å²) in [7, 11) is 1.78. The van der Waals surface area contributed by atoms with E-state index in [-0.39, 0.29) is 6.54 Å². The highest BCUT2D eigenvalue weighted by Gasteiger charge is 2.06. The second-order valence-corrected chi connectivity index (χ2v) is 3.07. The van der Waals surface area contributed by atoms with Crippen LogP contribution in [0.2, 0.25) is 0 Å². The zero-order valence-electron chi connectivity index (χ0n) is 8.57. The number of aromatic nitrogens is 2. The van der Waals surface area contributed by atoms with Crippen LogP contribution in [0.3, 0.4) is 0 Å². The summed E-state index contributed by atoms with van der Waals surface area (Å²) in [5.74, 6) is -0.481. The molecular formula is C8H13N5O2. The Hall–Kier alpha value is -2.05. The van der Waals surface area contributed by atoms with Crippen LogP contribution < -0.4 is 16.4 Å². The molecule has 0 saturated heterocycles. The number of carbonyl (C=O) groups excluding carboxylic acids is 2. The number of amides is 3. The van der Waals surface area contributed by atoms with E-state index in [1.807, 2.05) is 12.2 Å². The average molecular weight is 211 g/mol. The molecule has 0 aromatic carbocycles. The van der Waals surface area contributed by atoms with Crippen molar-refractivity contribution in [3.05, 3.63) is 11.9 Å². The second kappa shape index (κ2) is 4.45. The molecule has 1 rings (SSSR count). The fourth-order valence-electron chi connectivity index (χ4n) is 1.13. The topological polar surface area (TPSA) is 102 Å². The molecule has 3 amide bonds. The Labute approximate surface area is 86.6 Å². The van der Waals surface area contributed by atoms with Crippen molar-refractivity contribution >= 4 is 17.6 Å². The molecule has 7 heteroatoms. The van der Waals surface area contributed by atoms with Gasteiger partial charge in [-0.1, -0.05) is 0 Å². The van der Waals surface area contributed by atoms with Gasteiger partial charge in [-0.3, -0.25) is 14.8 Å². The highest BCUT2D eigenvalue weighted by atomic mass is 16.2. The van der Waals surface area contributed by atoms with Crippen molar-refractivity contribution in [1.29, 1.82) is 0 Å². The van der Waals surface area contributed by atoms with Gasteiger partial charge >= 0.3 is 6.03 Å². The number of imide groups is 1. The Morgan fingerprint density at radius 1 is 1.60 bits per heavy atom. The molecule has 0 aliphatic rings. The van der Waals surface area contributed by atoms with Crippen LogP contribution in [0.4, 0.5) is 10.5 Å². The predicted molar refractivity (Wildman–Crippen MR) is 54.2 cm³/mol. The maximum absolute atomic E-state index is 11.0. The Bertz CT molecular complexity index is 384. The zero-order chi connectivity index (χ0) is 11.4. The molecule has 0 aliphatic carbocycles. The third kappa shape index (κ3) is 3.29. The fourth-order valence-corrected chi connectivity index (χ4v) is 1.13. The smallest absolute Gasteiger partial charge is 0.318 e. The maximum atomic E-state index is 11.0. The van der Waals surface area contributed by atoms with Crippen molar-refractivity contribution in [2.45, 2.75) is 6.92 Å². The normalized spacial score (nSPS) is 9.73. The molecule has 0 spiro atoms. The Morgan fingerprint density at radius 2 is 2.27 bits per heavy atom. The van der Waals surface area contributed by atoms with Gasteiger partial charge in [0, 0.05) is 13.2 Å². The Kier molecular flexibility index (Phi) is 3.27. The molecule has 0 aliphatic heterocycles.